The zero-order valence-electron chi connectivity index (χ0n) is 17.7. The van der Waals surface area contributed by atoms with Crippen LogP contribution in [-0.4, -0.2) is 54.2 Å². The van der Waals surface area contributed by atoms with Crippen molar-refractivity contribution in [1.82, 2.24) is 4.90 Å². The van der Waals surface area contributed by atoms with Crippen LogP contribution in [0, 0.1) is 5.82 Å². The number of anilines is 1. The lowest BCUT2D eigenvalue weighted by Gasteiger charge is -2.18. The van der Waals surface area contributed by atoms with E-state index in [2.05, 4.69) is 10.3 Å². The van der Waals surface area contributed by atoms with Crippen molar-refractivity contribution in [1.29, 1.82) is 0 Å². The number of carbonyl (C=O) groups is 4. The van der Waals surface area contributed by atoms with Crippen LogP contribution in [0.3, 0.4) is 0 Å². The second-order valence-electron chi connectivity index (χ2n) is 7.03. The number of carboxylic acids is 1. The third-order valence-corrected chi connectivity index (χ3v) is 4.62. The molecule has 1 aliphatic heterocycles. The van der Waals surface area contributed by atoms with E-state index in [1.165, 1.54) is 38.3 Å². The van der Waals surface area contributed by atoms with E-state index in [4.69, 9.17) is 9.47 Å². The largest absolute Gasteiger partial charge is 0.546 e. The molecular formula is C22H19FN3O7-. The maximum atomic E-state index is 13.0. The van der Waals surface area contributed by atoms with Crippen molar-refractivity contribution >= 4 is 35.2 Å². The molecule has 33 heavy (non-hydrogen) atoms. The van der Waals surface area contributed by atoms with E-state index in [1.54, 1.807) is 6.07 Å². The lowest BCUT2D eigenvalue weighted by molar-refractivity contribution is -0.312. The fourth-order valence-electron chi connectivity index (χ4n) is 2.95. The Morgan fingerprint density at radius 1 is 1.15 bits per heavy atom. The number of carboxylic acid groups (broad SMARTS) is 1. The molecule has 0 aromatic heterocycles. The number of amides is 4. The SMILES string of the molecule is COc1cc(CC2=NC(=O)N(CC(=O)Nc3ccc(F)cc3)C2=O)ccc1OC(C)C(=O)[O-]. The second-order valence-corrected chi connectivity index (χ2v) is 7.03. The van der Waals surface area contributed by atoms with Gasteiger partial charge in [-0.2, -0.15) is 4.99 Å². The molecule has 1 unspecified atom stereocenters. The summed E-state index contributed by atoms with van der Waals surface area (Å²) >= 11 is 0. The summed E-state index contributed by atoms with van der Waals surface area (Å²) in [4.78, 5) is 52.3. The van der Waals surface area contributed by atoms with Gasteiger partial charge in [0.25, 0.3) is 5.91 Å². The van der Waals surface area contributed by atoms with Gasteiger partial charge >= 0.3 is 6.03 Å². The zero-order chi connectivity index (χ0) is 24.1. The van der Waals surface area contributed by atoms with Crippen LogP contribution in [0.25, 0.3) is 0 Å². The van der Waals surface area contributed by atoms with Gasteiger partial charge in [0.05, 0.1) is 13.1 Å². The molecule has 0 radical (unpaired) electrons. The molecule has 172 valence electrons. The summed E-state index contributed by atoms with van der Waals surface area (Å²) in [6.07, 6.45) is -1.24. The smallest absolute Gasteiger partial charge is 0.351 e. The Kier molecular flexibility index (Phi) is 7.01. The van der Waals surface area contributed by atoms with Crippen LogP contribution >= 0.6 is 0 Å². The van der Waals surface area contributed by atoms with Crippen LogP contribution in [0.4, 0.5) is 14.9 Å². The topological polar surface area (TPSA) is 137 Å². The summed E-state index contributed by atoms with van der Waals surface area (Å²) in [5, 5.41) is 13.3. The average molecular weight is 456 g/mol. The molecule has 10 nitrogen and oxygen atoms in total. The van der Waals surface area contributed by atoms with Crippen LogP contribution in [0.15, 0.2) is 47.5 Å². The normalized spacial score (nSPS) is 14.0. The fraction of sp³-hybridized carbons (Fsp3) is 0.227. The number of aliphatic carboxylic acids is 1. The quantitative estimate of drug-likeness (QED) is 0.593. The summed E-state index contributed by atoms with van der Waals surface area (Å²) in [6.45, 7) is 0.750. The van der Waals surface area contributed by atoms with E-state index >= 15 is 0 Å². The van der Waals surface area contributed by atoms with Gasteiger partial charge in [0, 0.05) is 12.1 Å². The number of halogens is 1. The number of ether oxygens (including phenoxy) is 2. The highest BCUT2D eigenvalue weighted by Gasteiger charge is 2.34. The Morgan fingerprint density at radius 2 is 1.85 bits per heavy atom. The number of benzene rings is 2. The molecule has 4 amide bonds. The maximum Gasteiger partial charge on any atom is 0.351 e. The number of urea groups is 1. The minimum atomic E-state index is -1.39. The Balaban J connectivity index is 1.65. The molecule has 3 rings (SSSR count). The lowest BCUT2D eigenvalue weighted by Crippen LogP contribution is -2.39. The van der Waals surface area contributed by atoms with Crippen LogP contribution in [0.2, 0.25) is 0 Å². The minimum Gasteiger partial charge on any atom is -0.546 e. The minimum absolute atomic E-state index is 0.0344. The molecule has 1 N–H and O–H groups in total. The van der Waals surface area contributed by atoms with Gasteiger partial charge < -0.3 is 24.7 Å². The first kappa shape index (κ1) is 23.4. The predicted octanol–water partition coefficient (Wildman–Crippen LogP) is 0.936. The van der Waals surface area contributed by atoms with E-state index in [1.807, 2.05) is 0 Å². The molecule has 0 spiro atoms. The van der Waals surface area contributed by atoms with Crippen LogP contribution < -0.4 is 19.9 Å². The molecule has 0 bridgehead atoms. The maximum absolute atomic E-state index is 13.0. The van der Waals surface area contributed by atoms with E-state index in [-0.39, 0.29) is 23.6 Å². The molecule has 0 saturated heterocycles. The van der Waals surface area contributed by atoms with Gasteiger partial charge in [0.1, 0.15) is 24.2 Å². The number of carbonyl (C=O) groups excluding carboxylic acids is 4. The van der Waals surface area contributed by atoms with E-state index in [0.717, 1.165) is 12.1 Å². The summed E-state index contributed by atoms with van der Waals surface area (Å²) < 4.78 is 23.4. The first-order valence-electron chi connectivity index (χ1n) is 9.71. The molecular weight excluding hydrogens is 437 g/mol. The van der Waals surface area contributed by atoms with Gasteiger partial charge in [-0.05, 0) is 48.9 Å². The molecule has 0 saturated carbocycles. The number of imide groups is 1. The number of methoxy groups -OCH3 is 1. The number of hydrogen-bond donors (Lipinski definition) is 1. The molecule has 1 heterocycles. The van der Waals surface area contributed by atoms with Crippen molar-refractivity contribution in [2.24, 2.45) is 4.99 Å². The van der Waals surface area contributed by atoms with Crippen molar-refractivity contribution < 1.29 is 38.1 Å². The lowest BCUT2D eigenvalue weighted by atomic mass is 10.1. The van der Waals surface area contributed by atoms with Crippen molar-refractivity contribution in [3.8, 4) is 11.5 Å². The molecule has 2 aromatic carbocycles. The Morgan fingerprint density at radius 3 is 2.48 bits per heavy atom. The summed E-state index contributed by atoms with van der Waals surface area (Å²) in [6, 6.07) is 8.67. The highest BCUT2D eigenvalue weighted by molar-refractivity contribution is 6.46. The molecule has 1 aliphatic rings. The second kappa shape index (κ2) is 9.90. The monoisotopic (exact) mass is 456 g/mol. The molecule has 0 fully saturated rings. The van der Waals surface area contributed by atoms with Gasteiger partial charge in [-0.25, -0.2) is 14.1 Å². The number of aliphatic imine (C=N–C) groups is 1. The first-order valence-corrected chi connectivity index (χ1v) is 9.71. The van der Waals surface area contributed by atoms with Crippen molar-refractivity contribution in [3.05, 3.63) is 53.8 Å². The standard InChI is InChI=1S/C22H20FN3O7/c1-12(21(29)30)33-17-8-3-13(10-18(17)32-2)9-16-20(28)26(22(31)25-16)11-19(27)24-15-6-4-14(23)5-7-15/h3-8,10,12H,9,11H2,1-2H3,(H,24,27)(H,29,30)/p-1. The van der Waals surface area contributed by atoms with E-state index in [0.29, 0.717) is 16.2 Å². The molecule has 2 aromatic rings. The first-order chi connectivity index (χ1) is 15.7. The third kappa shape index (κ3) is 5.70. The summed E-state index contributed by atoms with van der Waals surface area (Å²) in [5.41, 5.74) is 0.773. The van der Waals surface area contributed by atoms with Gasteiger partial charge in [-0.1, -0.05) is 6.07 Å². The summed E-state index contributed by atoms with van der Waals surface area (Å²) in [5.74, 6) is -2.86. The van der Waals surface area contributed by atoms with Crippen molar-refractivity contribution in [3.63, 3.8) is 0 Å². The Bertz CT molecular complexity index is 1130. The van der Waals surface area contributed by atoms with Gasteiger partial charge in [-0.15, -0.1) is 0 Å². The average Bonchev–Trinajstić information content (AvgIpc) is 3.03. The Hall–Kier alpha value is -4.28. The third-order valence-electron chi connectivity index (χ3n) is 4.62. The fourth-order valence-corrected chi connectivity index (χ4v) is 2.95. The highest BCUT2D eigenvalue weighted by atomic mass is 19.1. The number of hydrogen-bond acceptors (Lipinski definition) is 7. The molecule has 11 heteroatoms. The Labute approximate surface area is 187 Å². The number of nitrogens with one attached hydrogen (secondary N) is 1. The summed E-state index contributed by atoms with van der Waals surface area (Å²) in [7, 11) is 1.36. The number of rotatable bonds is 9. The van der Waals surface area contributed by atoms with E-state index < -0.39 is 42.3 Å². The van der Waals surface area contributed by atoms with Gasteiger partial charge in [0.2, 0.25) is 5.91 Å². The molecule has 1 atom stereocenters. The van der Waals surface area contributed by atoms with Crippen LogP contribution in [0.5, 0.6) is 11.5 Å². The van der Waals surface area contributed by atoms with Crippen molar-refractivity contribution in [2.45, 2.75) is 19.4 Å². The number of nitrogens with zero attached hydrogens (tertiary/aromatic N) is 2. The highest BCUT2D eigenvalue weighted by Crippen LogP contribution is 2.29. The van der Waals surface area contributed by atoms with Crippen LogP contribution in [0.1, 0.15) is 12.5 Å². The van der Waals surface area contributed by atoms with Crippen LogP contribution in [-0.2, 0) is 20.8 Å². The van der Waals surface area contributed by atoms with Gasteiger partial charge in [0.15, 0.2) is 11.5 Å². The zero-order valence-corrected chi connectivity index (χ0v) is 17.7. The van der Waals surface area contributed by atoms with Gasteiger partial charge in [-0.3, -0.25) is 9.59 Å². The van der Waals surface area contributed by atoms with Crippen molar-refractivity contribution in [2.75, 3.05) is 19.0 Å². The predicted molar refractivity (Wildman–Crippen MR) is 111 cm³/mol. The van der Waals surface area contributed by atoms with E-state index in [9.17, 15) is 28.7 Å². The molecule has 0 aliphatic carbocycles.